The number of aromatic hydroxyl groups is 2. The van der Waals surface area contributed by atoms with E-state index in [4.69, 9.17) is 0 Å². The summed E-state index contributed by atoms with van der Waals surface area (Å²) in [7, 11) is 0. The third-order valence-electron chi connectivity index (χ3n) is 7.02. The van der Waals surface area contributed by atoms with Gasteiger partial charge in [0, 0.05) is 23.2 Å². The van der Waals surface area contributed by atoms with Crippen LogP contribution >= 0.6 is 0 Å². The predicted molar refractivity (Wildman–Crippen MR) is 114 cm³/mol. The molecule has 1 aromatic heterocycles. The van der Waals surface area contributed by atoms with E-state index >= 15 is 0 Å². The van der Waals surface area contributed by atoms with Crippen LogP contribution in [0, 0.1) is 6.92 Å². The molecule has 0 bridgehead atoms. The van der Waals surface area contributed by atoms with Gasteiger partial charge in [-0.25, -0.2) is 0 Å². The molecule has 5 N–H and O–H groups in total. The van der Waals surface area contributed by atoms with Crippen molar-refractivity contribution in [3.8, 4) is 11.5 Å². The number of carbonyl (C=O) groups is 1. The minimum atomic E-state index is -1.14. The van der Waals surface area contributed by atoms with Crippen molar-refractivity contribution < 1.29 is 20.1 Å². The van der Waals surface area contributed by atoms with E-state index in [9.17, 15) is 20.1 Å². The summed E-state index contributed by atoms with van der Waals surface area (Å²) in [6, 6.07) is 10.5. The van der Waals surface area contributed by atoms with Crippen LogP contribution in [0.4, 0.5) is 0 Å². The molecule has 30 heavy (non-hydrogen) atoms. The van der Waals surface area contributed by atoms with E-state index < -0.39 is 11.0 Å². The largest absolute Gasteiger partial charge is 0.504 e. The zero-order chi connectivity index (χ0) is 21.3. The summed E-state index contributed by atoms with van der Waals surface area (Å²) < 4.78 is 0. The van der Waals surface area contributed by atoms with Crippen molar-refractivity contribution in [1.29, 1.82) is 0 Å². The van der Waals surface area contributed by atoms with Gasteiger partial charge < -0.3 is 25.6 Å². The molecular formula is C24H24N2O4. The van der Waals surface area contributed by atoms with Crippen molar-refractivity contribution >= 4 is 16.8 Å². The second-order valence-electron chi connectivity index (χ2n) is 8.53. The Balaban J connectivity index is 1.48. The van der Waals surface area contributed by atoms with Gasteiger partial charge in [-0.2, -0.15) is 0 Å². The normalized spacial score (nSPS) is 27.7. The molecule has 6 heteroatoms. The van der Waals surface area contributed by atoms with Gasteiger partial charge in [0.05, 0.1) is 16.5 Å². The Labute approximate surface area is 173 Å². The summed E-state index contributed by atoms with van der Waals surface area (Å²) in [6.07, 6.45) is 3.24. The summed E-state index contributed by atoms with van der Waals surface area (Å²) >= 11 is 0. The molecule has 154 valence electrons. The molecule has 1 heterocycles. The molecule has 2 aliphatic rings. The van der Waals surface area contributed by atoms with Crippen LogP contribution in [0.5, 0.6) is 11.5 Å². The van der Waals surface area contributed by atoms with Crippen molar-refractivity contribution in [3.63, 3.8) is 0 Å². The van der Waals surface area contributed by atoms with Crippen LogP contribution in [0.2, 0.25) is 0 Å². The molecule has 2 fully saturated rings. The maximum Gasteiger partial charge on any atom is 0.253 e. The van der Waals surface area contributed by atoms with Crippen LogP contribution in [0.15, 0.2) is 54.7 Å². The number of aryl methyl sites for hydroxylation is 1. The van der Waals surface area contributed by atoms with Gasteiger partial charge in [0.25, 0.3) is 5.91 Å². The number of benzene rings is 2. The smallest absolute Gasteiger partial charge is 0.253 e. The molecule has 0 spiro atoms. The average Bonchev–Trinajstić information content (AvgIpc) is 3.05. The zero-order valence-electron chi connectivity index (χ0n) is 16.7. The Morgan fingerprint density at radius 3 is 2.83 bits per heavy atom. The van der Waals surface area contributed by atoms with Crippen LogP contribution in [0.3, 0.4) is 0 Å². The van der Waals surface area contributed by atoms with Gasteiger partial charge in [0.1, 0.15) is 5.60 Å². The number of carbonyl (C=O) groups excluding carboxylic acids is 1. The highest BCUT2D eigenvalue weighted by Crippen LogP contribution is 2.71. The van der Waals surface area contributed by atoms with E-state index in [0.29, 0.717) is 36.0 Å². The Morgan fingerprint density at radius 1 is 1.23 bits per heavy atom. The molecule has 2 saturated carbocycles. The van der Waals surface area contributed by atoms with Crippen LogP contribution in [-0.2, 0) is 5.41 Å². The van der Waals surface area contributed by atoms with Gasteiger partial charge in [0.2, 0.25) is 0 Å². The lowest BCUT2D eigenvalue weighted by Crippen LogP contribution is -2.44. The van der Waals surface area contributed by atoms with Crippen LogP contribution in [0.25, 0.3) is 10.9 Å². The van der Waals surface area contributed by atoms with Gasteiger partial charge in [-0.1, -0.05) is 24.8 Å². The number of rotatable bonds is 3. The minimum Gasteiger partial charge on any atom is -0.504 e. The fourth-order valence-corrected chi connectivity index (χ4v) is 5.43. The number of phenolic OH excluding ortho intramolecular Hbond substituents is 2. The van der Waals surface area contributed by atoms with E-state index in [1.165, 1.54) is 6.07 Å². The third-order valence-corrected chi connectivity index (χ3v) is 7.02. The number of H-pyrrole nitrogens is 1. The lowest BCUT2D eigenvalue weighted by atomic mass is 9.76. The molecule has 2 aromatic carbocycles. The van der Waals surface area contributed by atoms with E-state index in [2.05, 4.69) is 16.9 Å². The van der Waals surface area contributed by atoms with Gasteiger partial charge in [-0.15, -0.1) is 0 Å². The molecule has 6 nitrogen and oxygen atoms in total. The van der Waals surface area contributed by atoms with Crippen LogP contribution in [-0.4, -0.2) is 37.9 Å². The SMILES string of the molecule is C=C1C2(O)CCC(NC(=O)c3cccc4cc[nH]c34)CC12c1c(C)ccc(O)c1O. The highest BCUT2D eigenvalue weighted by Gasteiger charge is 2.74. The quantitative estimate of drug-likeness (QED) is 0.341. The number of fused-ring (bicyclic) bond motifs is 2. The predicted octanol–water partition coefficient (Wildman–Crippen LogP) is 3.41. The van der Waals surface area contributed by atoms with E-state index in [0.717, 1.165) is 16.5 Å². The van der Waals surface area contributed by atoms with Gasteiger partial charge >= 0.3 is 0 Å². The molecule has 5 rings (SSSR count). The Kier molecular flexibility index (Phi) is 3.83. The number of para-hydroxylation sites is 1. The first kappa shape index (κ1) is 18.8. The first-order valence-electron chi connectivity index (χ1n) is 10.1. The number of aromatic nitrogens is 1. The highest BCUT2D eigenvalue weighted by molar-refractivity contribution is 6.05. The third kappa shape index (κ3) is 2.31. The summed E-state index contributed by atoms with van der Waals surface area (Å²) in [6.45, 7) is 5.93. The fourth-order valence-electron chi connectivity index (χ4n) is 5.43. The molecule has 0 radical (unpaired) electrons. The van der Waals surface area contributed by atoms with Gasteiger partial charge in [0.15, 0.2) is 11.5 Å². The number of aromatic amines is 1. The standard InChI is InChI=1S/C24H24N2O4/c1-13-6-7-18(27)21(28)19(13)23-12-16(8-10-24(23,30)14(23)2)26-22(29)17-5-3-4-15-9-11-25-20(15)17/h3-7,9,11,16,25,27-28,30H,2,8,10,12H2,1H3,(H,26,29). The van der Waals surface area contributed by atoms with Crippen LogP contribution in [0.1, 0.15) is 40.7 Å². The Hall–Kier alpha value is -3.25. The van der Waals surface area contributed by atoms with Crippen molar-refractivity contribution in [2.24, 2.45) is 0 Å². The summed E-state index contributed by atoms with van der Waals surface area (Å²) in [5.41, 5.74) is 1.24. The Bertz CT molecular complexity index is 1210. The van der Waals surface area contributed by atoms with Crippen molar-refractivity contribution in [2.45, 2.75) is 43.2 Å². The number of phenols is 2. The number of amides is 1. The lowest BCUT2D eigenvalue weighted by molar-refractivity contribution is 0.0737. The Morgan fingerprint density at radius 2 is 2.03 bits per heavy atom. The van der Waals surface area contributed by atoms with Crippen molar-refractivity contribution in [1.82, 2.24) is 10.3 Å². The number of hydrogen-bond donors (Lipinski definition) is 5. The molecule has 1 amide bonds. The number of hydrogen-bond acceptors (Lipinski definition) is 4. The lowest BCUT2D eigenvalue weighted by Gasteiger charge is -2.34. The fraction of sp³-hybridized carbons (Fsp3) is 0.292. The molecule has 3 atom stereocenters. The highest BCUT2D eigenvalue weighted by atomic mass is 16.3. The van der Waals surface area contributed by atoms with Gasteiger partial charge in [-0.3, -0.25) is 4.79 Å². The van der Waals surface area contributed by atoms with E-state index in [1.54, 1.807) is 18.3 Å². The number of aliphatic hydroxyl groups is 1. The first-order chi connectivity index (χ1) is 14.3. The van der Waals surface area contributed by atoms with E-state index in [-0.39, 0.29) is 23.4 Å². The van der Waals surface area contributed by atoms with Crippen molar-refractivity contribution in [2.75, 3.05) is 0 Å². The monoisotopic (exact) mass is 404 g/mol. The summed E-state index contributed by atoms with van der Waals surface area (Å²) in [5.74, 6) is -0.636. The van der Waals surface area contributed by atoms with Crippen LogP contribution < -0.4 is 5.32 Å². The maximum atomic E-state index is 13.0. The average molecular weight is 404 g/mol. The second-order valence-corrected chi connectivity index (χ2v) is 8.53. The number of nitrogens with one attached hydrogen (secondary N) is 2. The minimum absolute atomic E-state index is 0.184. The first-order valence-corrected chi connectivity index (χ1v) is 10.1. The second kappa shape index (κ2) is 6.12. The van der Waals surface area contributed by atoms with Crippen molar-refractivity contribution in [3.05, 3.63) is 71.4 Å². The topological polar surface area (TPSA) is 106 Å². The van der Waals surface area contributed by atoms with E-state index in [1.807, 2.05) is 25.1 Å². The molecule has 3 aromatic rings. The summed E-state index contributed by atoms with van der Waals surface area (Å²) in [4.78, 5) is 16.1. The molecule has 3 unspecified atom stereocenters. The maximum absolute atomic E-state index is 13.0. The molecular weight excluding hydrogens is 380 g/mol. The molecule has 0 saturated heterocycles. The summed E-state index contributed by atoms with van der Waals surface area (Å²) in [5, 5.41) is 36.0. The van der Waals surface area contributed by atoms with Gasteiger partial charge in [-0.05, 0) is 55.5 Å². The zero-order valence-corrected chi connectivity index (χ0v) is 16.7. The molecule has 0 aliphatic heterocycles. The molecule has 2 aliphatic carbocycles.